The molecule has 0 saturated carbocycles. The van der Waals surface area contributed by atoms with Crippen LogP contribution < -0.4 is 0 Å². The smallest absolute Gasteiger partial charge is 0.311 e. The van der Waals surface area contributed by atoms with Crippen LogP contribution in [0.25, 0.3) is 0 Å². The normalized spacial score (nSPS) is 21.9. The number of ether oxygens (including phenoxy) is 1. The van der Waals surface area contributed by atoms with Crippen LogP contribution in [0, 0.1) is 5.41 Å². The van der Waals surface area contributed by atoms with E-state index in [-0.39, 0.29) is 31.3 Å². The predicted molar refractivity (Wildman–Crippen MR) is 76.7 cm³/mol. The van der Waals surface area contributed by atoms with Crippen LogP contribution in [0.15, 0.2) is 0 Å². The summed E-state index contributed by atoms with van der Waals surface area (Å²) in [6.07, 6.45) is 2.79. The van der Waals surface area contributed by atoms with E-state index in [1.54, 1.807) is 11.8 Å². The standard InChI is InChI=1S/C15H25NO5/c1-3-8-15(14(19)20)9-5-10-16(11-15)12(17)6-7-13(18)21-4-2/h3-11H2,1-2H3,(H,19,20). The van der Waals surface area contributed by atoms with E-state index in [4.69, 9.17) is 4.74 Å². The van der Waals surface area contributed by atoms with E-state index in [1.165, 1.54) is 0 Å². The zero-order valence-corrected chi connectivity index (χ0v) is 12.9. The Kier molecular flexibility index (Phi) is 6.65. The van der Waals surface area contributed by atoms with Gasteiger partial charge in [0.05, 0.1) is 18.4 Å². The van der Waals surface area contributed by atoms with Gasteiger partial charge < -0.3 is 14.7 Å². The van der Waals surface area contributed by atoms with Crippen molar-refractivity contribution in [2.24, 2.45) is 5.41 Å². The van der Waals surface area contributed by atoms with Gasteiger partial charge in [-0.3, -0.25) is 14.4 Å². The third kappa shape index (κ3) is 4.72. The van der Waals surface area contributed by atoms with Crippen molar-refractivity contribution in [1.29, 1.82) is 0 Å². The van der Waals surface area contributed by atoms with E-state index >= 15 is 0 Å². The number of aliphatic carboxylic acids is 1. The van der Waals surface area contributed by atoms with Crippen LogP contribution in [0.3, 0.4) is 0 Å². The number of rotatable bonds is 7. The van der Waals surface area contributed by atoms with Crippen molar-refractivity contribution in [1.82, 2.24) is 4.90 Å². The summed E-state index contributed by atoms with van der Waals surface area (Å²) in [6, 6.07) is 0. The van der Waals surface area contributed by atoms with Crippen LogP contribution >= 0.6 is 0 Å². The number of carboxylic acids is 1. The highest BCUT2D eigenvalue weighted by Crippen LogP contribution is 2.35. The molecule has 1 N–H and O–H groups in total. The molecule has 0 aromatic heterocycles. The molecular formula is C15H25NO5. The predicted octanol–water partition coefficient (Wildman–Crippen LogP) is 1.82. The number of esters is 1. The van der Waals surface area contributed by atoms with E-state index in [2.05, 4.69) is 0 Å². The van der Waals surface area contributed by atoms with Gasteiger partial charge in [0.15, 0.2) is 0 Å². The van der Waals surface area contributed by atoms with Crippen LogP contribution in [0.2, 0.25) is 0 Å². The Labute approximate surface area is 125 Å². The van der Waals surface area contributed by atoms with Gasteiger partial charge in [-0.05, 0) is 26.2 Å². The minimum absolute atomic E-state index is 0.0526. The summed E-state index contributed by atoms with van der Waals surface area (Å²) in [4.78, 5) is 36.6. The fraction of sp³-hybridized carbons (Fsp3) is 0.800. The molecule has 0 aromatic carbocycles. The molecule has 120 valence electrons. The fourth-order valence-corrected chi connectivity index (χ4v) is 2.91. The van der Waals surface area contributed by atoms with Crippen molar-refractivity contribution >= 4 is 17.8 Å². The first-order valence-electron chi connectivity index (χ1n) is 7.62. The Hall–Kier alpha value is -1.59. The SMILES string of the molecule is CCCC1(C(=O)O)CCCN(C(=O)CCC(=O)OCC)C1. The number of hydrogen-bond acceptors (Lipinski definition) is 4. The molecular weight excluding hydrogens is 274 g/mol. The maximum Gasteiger partial charge on any atom is 0.311 e. The van der Waals surface area contributed by atoms with Crippen molar-refractivity contribution < 1.29 is 24.2 Å². The Morgan fingerprint density at radius 2 is 1.95 bits per heavy atom. The van der Waals surface area contributed by atoms with Gasteiger partial charge in [0, 0.05) is 19.5 Å². The minimum atomic E-state index is -0.827. The summed E-state index contributed by atoms with van der Waals surface area (Å²) in [5, 5.41) is 9.50. The lowest BCUT2D eigenvalue weighted by atomic mass is 9.76. The maximum absolute atomic E-state index is 12.1. The Morgan fingerprint density at radius 3 is 2.52 bits per heavy atom. The second-order valence-electron chi connectivity index (χ2n) is 5.56. The quantitative estimate of drug-likeness (QED) is 0.725. The number of carboxylic acid groups (broad SMARTS) is 1. The number of carbonyl (C=O) groups is 3. The summed E-state index contributed by atoms with van der Waals surface area (Å²) in [5.41, 5.74) is -0.827. The first kappa shape index (κ1) is 17.5. The summed E-state index contributed by atoms with van der Waals surface area (Å²) in [5.74, 6) is -1.38. The number of carbonyl (C=O) groups excluding carboxylic acids is 2. The first-order chi connectivity index (χ1) is 9.95. The molecule has 1 aliphatic rings. The summed E-state index contributed by atoms with van der Waals surface area (Å²) in [7, 11) is 0. The minimum Gasteiger partial charge on any atom is -0.481 e. The lowest BCUT2D eigenvalue weighted by Crippen LogP contribution is -2.50. The lowest BCUT2D eigenvalue weighted by molar-refractivity contribution is -0.156. The van der Waals surface area contributed by atoms with Crippen molar-refractivity contribution in [3.63, 3.8) is 0 Å². The molecule has 21 heavy (non-hydrogen) atoms. The van der Waals surface area contributed by atoms with Crippen molar-refractivity contribution in [2.75, 3.05) is 19.7 Å². The molecule has 0 bridgehead atoms. The second-order valence-corrected chi connectivity index (χ2v) is 5.56. The van der Waals surface area contributed by atoms with Crippen LogP contribution in [0.1, 0.15) is 52.4 Å². The number of hydrogen-bond donors (Lipinski definition) is 1. The van der Waals surface area contributed by atoms with Gasteiger partial charge in [-0.25, -0.2) is 0 Å². The average Bonchev–Trinajstić information content (AvgIpc) is 2.45. The topological polar surface area (TPSA) is 83.9 Å². The molecule has 1 aliphatic heterocycles. The molecule has 0 spiro atoms. The van der Waals surface area contributed by atoms with Gasteiger partial charge in [-0.2, -0.15) is 0 Å². The van der Waals surface area contributed by atoms with Crippen LogP contribution in [0.4, 0.5) is 0 Å². The molecule has 0 radical (unpaired) electrons. The maximum atomic E-state index is 12.1. The second kappa shape index (κ2) is 8.00. The number of nitrogens with zero attached hydrogens (tertiary/aromatic N) is 1. The highest BCUT2D eigenvalue weighted by Gasteiger charge is 2.42. The molecule has 0 aliphatic carbocycles. The van der Waals surface area contributed by atoms with Gasteiger partial charge >= 0.3 is 11.9 Å². The first-order valence-corrected chi connectivity index (χ1v) is 7.62. The van der Waals surface area contributed by atoms with Crippen molar-refractivity contribution in [2.45, 2.75) is 52.4 Å². The fourth-order valence-electron chi connectivity index (χ4n) is 2.91. The van der Waals surface area contributed by atoms with Gasteiger partial charge in [0.25, 0.3) is 0 Å². The van der Waals surface area contributed by atoms with E-state index in [9.17, 15) is 19.5 Å². The van der Waals surface area contributed by atoms with E-state index in [0.29, 0.717) is 32.4 Å². The molecule has 1 saturated heterocycles. The average molecular weight is 299 g/mol. The summed E-state index contributed by atoms with van der Waals surface area (Å²) in [6.45, 7) is 4.79. The largest absolute Gasteiger partial charge is 0.481 e. The molecule has 0 aromatic rings. The zero-order valence-electron chi connectivity index (χ0n) is 12.9. The molecule has 1 heterocycles. The van der Waals surface area contributed by atoms with Gasteiger partial charge in [-0.15, -0.1) is 0 Å². The molecule has 1 fully saturated rings. The number of piperidine rings is 1. The van der Waals surface area contributed by atoms with Crippen molar-refractivity contribution in [3.8, 4) is 0 Å². The molecule has 6 nitrogen and oxygen atoms in total. The van der Waals surface area contributed by atoms with E-state index in [1.807, 2.05) is 6.92 Å². The third-order valence-electron chi connectivity index (χ3n) is 3.96. The Balaban J connectivity index is 2.60. The molecule has 6 heteroatoms. The Bertz CT molecular complexity index is 392. The monoisotopic (exact) mass is 299 g/mol. The molecule has 1 amide bonds. The van der Waals surface area contributed by atoms with Gasteiger partial charge in [0.1, 0.15) is 0 Å². The zero-order chi connectivity index (χ0) is 15.9. The highest BCUT2D eigenvalue weighted by molar-refractivity contribution is 5.82. The molecule has 1 unspecified atom stereocenters. The number of likely N-dealkylation sites (tertiary alicyclic amines) is 1. The van der Waals surface area contributed by atoms with Gasteiger partial charge in [-0.1, -0.05) is 13.3 Å². The highest BCUT2D eigenvalue weighted by atomic mass is 16.5. The Morgan fingerprint density at radius 1 is 1.24 bits per heavy atom. The molecule has 1 atom stereocenters. The van der Waals surface area contributed by atoms with Crippen LogP contribution in [-0.2, 0) is 19.1 Å². The molecule has 1 rings (SSSR count). The third-order valence-corrected chi connectivity index (χ3v) is 3.96. The summed E-state index contributed by atoms with van der Waals surface area (Å²) >= 11 is 0. The van der Waals surface area contributed by atoms with Crippen molar-refractivity contribution in [3.05, 3.63) is 0 Å². The lowest BCUT2D eigenvalue weighted by Gasteiger charge is -2.40. The number of amides is 1. The van der Waals surface area contributed by atoms with Crippen LogP contribution in [-0.4, -0.2) is 47.5 Å². The van der Waals surface area contributed by atoms with Gasteiger partial charge in [0.2, 0.25) is 5.91 Å². The van der Waals surface area contributed by atoms with E-state index in [0.717, 1.165) is 6.42 Å². The van der Waals surface area contributed by atoms with E-state index < -0.39 is 11.4 Å². The summed E-state index contributed by atoms with van der Waals surface area (Å²) < 4.78 is 4.79. The van der Waals surface area contributed by atoms with Crippen LogP contribution in [0.5, 0.6) is 0 Å².